The summed E-state index contributed by atoms with van der Waals surface area (Å²) in [5.74, 6) is 0. The lowest BCUT2D eigenvalue weighted by atomic mass is 10.2. The Balaban J connectivity index is 3.32. The molecule has 0 aliphatic heterocycles. The van der Waals surface area contributed by atoms with Crippen LogP contribution in [0.3, 0.4) is 0 Å². The first kappa shape index (κ1) is 10.2. The molecule has 0 aliphatic carbocycles. The van der Waals surface area contributed by atoms with E-state index in [0.717, 1.165) is 5.57 Å². The molecule has 0 aromatic rings. The van der Waals surface area contributed by atoms with Crippen molar-refractivity contribution in [3.8, 4) is 6.07 Å². The first-order chi connectivity index (χ1) is 5.35. The number of hydrogen-bond acceptors (Lipinski definition) is 3. The topological polar surface area (TPSA) is 42.2 Å². The van der Waals surface area contributed by atoms with E-state index in [1.807, 2.05) is 6.92 Å². The average molecular weight is 155 g/mol. The van der Waals surface area contributed by atoms with Gasteiger partial charge in [0.05, 0.1) is 12.7 Å². The number of allylic oxidation sites excluding steroid dienone is 1. The van der Waals surface area contributed by atoms with E-state index < -0.39 is 0 Å². The van der Waals surface area contributed by atoms with Gasteiger partial charge in [-0.2, -0.15) is 5.26 Å². The van der Waals surface area contributed by atoms with Crippen molar-refractivity contribution in [3.63, 3.8) is 0 Å². The third kappa shape index (κ3) is 5.59. The van der Waals surface area contributed by atoms with Crippen molar-refractivity contribution in [2.75, 3.05) is 20.5 Å². The minimum Gasteiger partial charge on any atom is -0.359 e. The van der Waals surface area contributed by atoms with Crippen molar-refractivity contribution in [2.45, 2.75) is 13.3 Å². The molecule has 3 heteroatoms. The van der Waals surface area contributed by atoms with Crippen LogP contribution in [0.15, 0.2) is 11.6 Å². The first-order valence-corrected chi connectivity index (χ1v) is 3.47. The summed E-state index contributed by atoms with van der Waals surface area (Å²) in [7, 11) is 1.57. The Morgan fingerprint density at radius 3 is 2.82 bits per heavy atom. The molecule has 0 fully saturated rings. The number of nitriles is 1. The van der Waals surface area contributed by atoms with Crippen molar-refractivity contribution in [3.05, 3.63) is 11.6 Å². The summed E-state index contributed by atoms with van der Waals surface area (Å²) < 4.78 is 9.67. The van der Waals surface area contributed by atoms with E-state index in [-0.39, 0.29) is 0 Å². The predicted octanol–water partition coefficient (Wildman–Crippen LogP) is 1.47. The monoisotopic (exact) mass is 155 g/mol. The van der Waals surface area contributed by atoms with Crippen molar-refractivity contribution in [2.24, 2.45) is 0 Å². The summed E-state index contributed by atoms with van der Waals surface area (Å²) in [4.78, 5) is 0. The summed E-state index contributed by atoms with van der Waals surface area (Å²) in [6, 6.07) is 2.07. The molecule has 0 N–H and O–H groups in total. The average Bonchev–Trinajstić information content (AvgIpc) is 2.05. The lowest BCUT2D eigenvalue weighted by molar-refractivity contribution is -0.0289. The second kappa shape index (κ2) is 7.26. The summed E-state index contributed by atoms with van der Waals surface area (Å²) >= 11 is 0. The van der Waals surface area contributed by atoms with Crippen LogP contribution < -0.4 is 0 Å². The van der Waals surface area contributed by atoms with Crippen LogP contribution in [0.2, 0.25) is 0 Å². The molecule has 0 aromatic carbocycles. The maximum atomic E-state index is 8.48. The molecule has 0 rings (SSSR count). The van der Waals surface area contributed by atoms with Gasteiger partial charge in [0.15, 0.2) is 0 Å². The van der Waals surface area contributed by atoms with Gasteiger partial charge in [-0.05, 0) is 6.92 Å². The fraction of sp³-hybridized carbons (Fsp3) is 0.625. The van der Waals surface area contributed by atoms with E-state index in [4.69, 9.17) is 10.00 Å². The molecule has 11 heavy (non-hydrogen) atoms. The molecule has 0 saturated heterocycles. The largest absolute Gasteiger partial charge is 0.359 e. The van der Waals surface area contributed by atoms with Gasteiger partial charge < -0.3 is 9.47 Å². The molecule has 62 valence electrons. The summed E-state index contributed by atoms with van der Waals surface area (Å²) in [5.41, 5.74) is 0.751. The number of hydrogen-bond donors (Lipinski definition) is 0. The zero-order chi connectivity index (χ0) is 8.53. The SMILES string of the molecule is CC=C(C#N)CCOCOC. The molecular weight excluding hydrogens is 142 g/mol. The van der Waals surface area contributed by atoms with Gasteiger partial charge in [0, 0.05) is 19.1 Å². The number of nitrogens with zero attached hydrogens (tertiary/aromatic N) is 1. The molecule has 0 aromatic heterocycles. The zero-order valence-electron chi connectivity index (χ0n) is 6.96. The smallest absolute Gasteiger partial charge is 0.146 e. The molecule has 3 nitrogen and oxygen atoms in total. The Morgan fingerprint density at radius 2 is 2.36 bits per heavy atom. The molecule has 0 spiro atoms. The fourth-order valence-electron chi connectivity index (χ4n) is 0.589. The normalized spacial score (nSPS) is 11.2. The van der Waals surface area contributed by atoms with Gasteiger partial charge in [-0.25, -0.2) is 0 Å². The highest BCUT2D eigenvalue weighted by Gasteiger charge is 1.92. The Morgan fingerprint density at radius 1 is 1.64 bits per heavy atom. The number of ether oxygens (including phenoxy) is 2. The van der Waals surface area contributed by atoms with Gasteiger partial charge in [0.2, 0.25) is 0 Å². The lowest BCUT2D eigenvalue weighted by Gasteiger charge is -2.00. The van der Waals surface area contributed by atoms with Crippen LogP contribution in [0, 0.1) is 11.3 Å². The van der Waals surface area contributed by atoms with E-state index in [9.17, 15) is 0 Å². The molecular formula is C8H13NO2. The highest BCUT2D eigenvalue weighted by atomic mass is 16.7. The second-order valence-corrected chi connectivity index (χ2v) is 1.99. The Labute approximate surface area is 67.2 Å². The third-order valence-corrected chi connectivity index (χ3v) is 1.21. The highest BCUT2D eigenvalue weighted by molar-refractivity contribution is 5.19. The van der Waals surface area contributed by atoms with Crippen LogP contribution >= 0.6 is 0 Å². The quantitative estimate of drug-likeness (QED) is 0.343. The second-order valence-electron chi connectivity index (χ2n) is 1.99. The van der Waals surface area contributed by atoms with E-state index >= 15 is 0 Å². The van der Waals surface area contributed by atoms with Gasteiger partial charge in [0.25, 0.3) is 0 Å². The molecule has 0 atom stereocenters. The van der Waals surface area contributed by atoms with Gasteiger partial charge in [0.1, 0.15) is 6.79 Å². The minimum atomic E-state index is 0.294. The minimum absolute atomic E-state index is 0.294. The van der Waals surface area contributed by atoms with E-state index in [2.05, 4.69) is 10.8 Å². The van der Waals surface area contributed by atoms with Crippen LogP contribution in [-0.4, -0.2) is 20.5 Å². The molecule has 0 bridgehead atoms. The Bertz CT molecular complexity index is 158. The molecule has 0 radical (unpaired) electrons. The maximum Gasteiger partial charge on any atom is 0.146 e. The van der Waals surface area contributed by atoms with Crippen LogP contribution in [0.5, 0.6) is 0 Å². The standard InChI is InChI=1S/C8H13NO2/c1-3-8(6-9)4-5-11-7-10-2/h3H,4-5,7H2,1-2H3. The van der Waals surface area contributed by atoms with Crippen LogP contribution in [-0.2, 0) is 9.47 Å². The van der Waals surface area contributed by atoms with E-state index in [1.54, 1.807) is 13.2 Å². The van der Waals surface area contributed by atoms with Crippen LogP contribution in [0.1, 0.15) is 13.3 Å². The van der Waals surface area contributed by atoms with Gasteiger partial charge in [-0.15, -0.1) is 0 Å². The van der Waals surface area contributed by atoms with Crippen molar-refractivity contribution in [1.29, 1.82) is 5.26 Å². The molecule has 0 heterocycles. The Kier molecular flexibility index (Phi) is 6.70. The van der Waals surface area contributed by atoms with Gasteiger partial charge in [-0.3, -0.25) is 0 Å². The van der Waals surface area contributed by atoms with Crippen LogP contribution in [0.25, 0.3) is 0 Å². The predicted molar refractivity (Wildman–Crippen MR) is 41.8 cm³/mol. The van der Waals surface area contributed by atoms with Crippen LogP contribution in [0.4, 0.5) is 0 Å². The molecule has 0 saturated carbocycles. The molecule has 0 aliphatic rings. The first-order valence-electron chi connectivity index (χ1n) is 3.47. The van der Waals surface area contributed by atoms with Crippen molar-refractivity contribution >= 4 is 0 Å². The molecule has 0 unspecified atom stereocenters. The summed E-state index contributed by atoms with van der Waals surface area (Å²) in [6.07, 6.45) is 2.45. The maximum absolute atomic E-state index is 8.48. The summed E-state index contributed by atoms with van der Waals surface area (Å²) in [6.45, 7) is 2.68. The van der Waals surface area contributed by atoms with E-state index in [0.29, 0.717) is 19.8 Å². The molecule has 0 amide bonds. The number of methoxy groups -OCH3 is 1. The highest BCUT2D eigenvalue weighted by Crippen LogP contribution is 1.98. The lowest BCUT2D eigenvalue weighted by Crippen LogP contribution is -1.98. The summed E-state index contributed by atoms with van der Waals surface area (Å²) in [5, 5.41) is 8.48. The fourth-order valence-corrected chi connectivity index (χ4v) is 0.589. The van der Waals surface area contributed by atoms with Crippen molar-refractivity contribution < 1.29 is 9.47 Å². The van der Waals surface area contributed by atoms with Crippen molar-refractivity contribution in [1.82, 2.24) is 0 Å². The van der Waals surface area contributed by atoms with Gasteiger partial charge >= 0.3 is 0 Å². The zero-order valence-corrected chi connectivity index (χ0v) is 6.96. The van der Waals surface area contributed by atoms with Gasteiger partial charge in [-0.1, -0.05) is 6.08 Å². The van der Waals surface area contributed by atoms with E-state index in [1.165, 1.54) is 0 Å². The third-order valence-electron chi connectivity index (χ3n) is 1.21. The number of rotatable bonds is 5. The Hall–Kier alpha value is -0.850.